The molecule has 1 aromatic carbocycles. The van der Waals surface area contributed by atoms with Crippen LogP contribution in [-0.4, -0.2) is 104 Å². The van der Waals surface area contributed by atoms with Crippen LogP contribution in [0.3, 0.4) is 0 Å². The van der Waals surface area contributed by atoms with Crippen LogP contribution in [0.1, 0.15) is 13.8 Å². The van der Waals surface area contributed by atoms with Crippen molar-refractivity contribution in [1.82, 2.24) is 19.6 Å². The third kappa shape index (κ3) is 9.10. The lowest BCUT2D eigenvalue weighted by molar-refractivity contribution is -0.384. The summed E-state index contributed by atoms with van der Waals surface area (Å²) in [4.78, 5) is 31.2. The lowest BCUT2D eigenvalue weighted by atomic mass is 10.3. The van der Waals surface area contributed by atoms with Crippen LogP contribution in [0.4, 0.5) is 10.5 Å². The molecule has 9 nitrogen and oxygen atoms in total. The topological polar surface area (TPSA) is 82.4 Å². The molecule has 29 heavy (non-hydrogen) atoms. The third-order valence-electron chi connectivity index (χ3n) is 4.42. The first kappa shape index (κ1) is 24.6. The number of nitro groups is 1. The Labute approximate surface area is 174 Å². The number of hydrogen-bond donors (Lipinski definition) is 0. The summed E-state index contributed by atoms with van der Waals surface area (Å²) in [6.07, 6.45) is 0. The van der Waals surface area contributed by atoms with Crippen LogP contribution in [0.25, 0.3) is 0 Å². The Bertz CT molecular complexity index is 622. The van der Waals surface area contributed by atoms with Crippen LogP contribution >= 0.6 is 0 Å². The molecule has 0 aliphatic carbocycles. The molecule has 1 rings (SSSR count). The van der Waals surface area contributed by atoms with Gasteiger partial charge >= 0.3 is 6.03 Å². The number of nitrogens with zero attached hydrogens (tertiary/aromatic N) is 5. The largest absolute Gasteiger partial charge is 0.492 e. The lowest BCUT2D eigenvalue weighted by Gasteiger charge is -2.34. The van der Waals surface area contributed by atoms with Crippen LogP contribution in [0.2, 0.25) is 0 Å². The van der Waals surface area contributed by atoms with Crippen molar-refractivity contribution in [2.45, 2.75) is 19.9 Å². The van der Waals surface area contributed by atoms with Gasteiger partial charge in [0.25, 0.3) is 5.69 Å². The molecule has 0 aromatic heterocycles. The van der Waals surface area contributed by atoms with Crippen LogP contribution in [0.15, 0.2) is 24.3 Å². The maximum atomic E-state index is 13.2. The van der Waals surface area contributed by atoms with Gasteiger partial charge in [0.1, 0.15) is 12.4 Å². The number of non-ortho nitro benzene ring substituents is 1. The number of hydrogen-bond acceptors (Lipinski definition) is 6. The number of benzene rings is 1. The molecule has 0 saturated heterocycles. The second kappa shape index (κ2) is 12.2. The van der Waals surface area contributed by atoms with Gasteiger partial charge in [-0.15, -0.1) is 0 Å². The van der Waals surface area contributed by atoms with E-state index in [2.05, 4.69) is 9.80 Å². The molecule has 0 aliphatic rings. The second-order valence-corrected chi connectivity index (χ2v) is 7.76. The Morgan fingerprint density at radius 3 is 1.90 bits per heavy atom. The van der Waals surface area contributed by atoms with Crippen molar-refractivity contribution in [3.63, 3.8) is 0 Å². The Hall–Kier alpha value is -2.39. The zero-order valence-electron chi connectivity index (χ0n) is 18.5. The van der Waals surface area contributed by atoms with Gasteiger partial charge in [-0.05, 0) is 54.2 Å². The summed E-state index contributed by atoms with van der Waals surface area (Å²) >= 11 is 0. The summed E-state index contributed by atoms with van der Waals surface area (Å²) in [5, 5.41) is 10.7. The van der Waals surface area contributed by atoms with Gasteiger partial charge in [-0.2, -0.15) is 0 Å². The lowest BCUT2D eigenvalue weighted by Crippen LogP contribution is -2.51. The monoisotopic (exact) mass is 409 g/mol. The van der Waals surface area contributed by atoms with Gasteiger partial charge in [0.05, 0.1) is 11.5 Å². The maximum Gasteiger partial charge on any atom is 0.320 e. The number of rotatable bonds is 12. The van der Waals surface area contributed by atoms with Crippen LogP contribution < -0.4 is 4.74 Å². The average molecular weight is 410 g/mol. The maximum absolute atomic E-state index is 13.2. The van der Waals surface area contributed by atoms with Crippen molar-refractivity contribution in [2.75, 3.05) is 67.5 Å². The predicted molar refractivity (Wildman–Crippen MR) is 115 cm³/mol. The van der Waals surface area contributed by atoms with Gasteiger partial charge in [0.2, 0.25) is 0 Å². The highest BCUT2D eigenvalue weighted by molar-refractivity contribution is 5.74. The molecule has 0 N–H and O–H groups in total. The number of carbonyl (C=O) groups excluding carboxylic acids is 1. The Morgan fingerprint density at radius 2 is 1.48 bits per heavy atom. The first-order valence-electron chi connectivity index (χ1n) is 9.84. The molecule has 0 radical (unpaired) electrons. The van der Waals surface area contributed by atoms with E-state index in [1.54, 1.807) is 17.0 Å². The van der Waals surface area contributed by atoms with E-state index < -0.39 is 4.92 Å². The molecule has 2 amide bonds. The van der Waals surface area contributed by atoms with Gasteiger partial charge < -0.3 is 24.3 Å². The zero-order chi connectivity index (χ0) is 22.0. The van der Waals surface area contributed by atoms with Gasteiger partial charge in [-0.1, -0.05) is 0 Å². The van der Waals surface area contributed by atoms with E-state index in [4.69, 9.17) is 4.74 Å². The first-order chi connectivity index (χ1) is 13.6. The molecule has 0 atom stereocenters. The summed E-state index contributed by atoms with van der Waals surface area (Å²) in [6.45, 7) is 7.64. The van der Waals surface area contributed by atoms with Crippen LogP contribution in [0, 0.1) is 10.1 Å². The highest BCUT2D eigenvalue weighted by Crippen LogP contribution is 2.17. The number of carbonyl (C=O) groups is 1. The van der Waals surface area contributed by atoms with E-state index in [1.165, 1.54) is 12.1 Å². The SMILES string of the molecule is CC(C)N(CCOc1ccc([N+](=O)[O-])cc1)C(=O)N(CCN(C)C)CCN(C)C. The van der Waals surface area contributed by atoms with E-state index >= 15 is 0 Å². The predicted octanol–water partition coefficient (Wildman–Crippen LogP) is 2.23. The quantitative estimate of drug-likeness (QED) is 0.389. The number of urea groups is 1. The molecule has 0 saturated carbocycles. The number of likely N-dealkylation sites (N-methyl/N-ethyl adjacent to an activating group) is 2. The molecule has 0 aliphatic heterocycles. The minimum Gasteiger partial charge on any atom is -0.492 e. The first-order valence-corrected chi connectivity index (χ1v) is 9.84. The van der Waals surface area contributed by atoms with Crippen molar-refractivity contribution in [1.29, 1.82) is 0 Å². The smallest absolute Gasteiger partial charge is 0.320 e. The van der Waals surface area contributed by atoms with Crippen molar-refractivity contribution in [2.24, 2.45) is 0 Å². The minimum absolute atomic E-state index is 0.00370. The van der Waals surface area contributed by atoms with Crippen molar-refractivity contribution >= 4 is 11.7 Å². The molecule has 1 aromatic rings. The van der Waals surface area contributed by atoms with E-state index in [0.29, 0.717) is 32.0 Å². The molecular weight excluding hydrogens is 374 g/mol. The molecule has 0 bridgehead atoms. The molecule has 0 heterocycles. The molecular formula is C20H35N5O4. The Kier molecular flexibility index (Phi) is 10.4. The van der Waals surface area contributed by atoms with Crippen molar-refractivity contribution in [3.05, 3.63) is 34.4 Å². The standard InChI is InChI=1S/C20H35N5O4/c1-17(2)24(15-16-29-19-9-7-18(8-10-19)25(27)28)20(26)23(13-11-21(3)4)14-12-22(5)6/h7-10,17H,11-16H2,1-6H3. The van der Waals surface area contributed by atoms with Gasteiger partial charge in [0.15, 0.2) is 0 Å². The molecule has 0 spiro atoms. The van der Waals surface area contributed by atoms with Crippen LogP contribution in [0.5, 0.6) is 5.75 Å². The molecule has 9 heteroatoms. The normalized spacial score (nSPS) is 11.2. The summed E-state index contributed by atoms with van der Waals surface area (Å²) in [5.74, 6) is 0.545. The summed E-state index contributed by atoms with van der Waals surface area (Å²) in [7, 11) is 7.97. The molecule has 164 valence electrons. The number of ether oxygens (including phenoxy) is 1. The van der Waals surface area contributed by atoms with Crippen molar-refractivity contribution in [3.8, 4) is 5.75 Å². The zero-order valence-corrected chi connectivity index (χ0v) is 18.5. The average Bonchev–Trinajstić information content (AvgIpc) is 2.64. The van der Waals surface area contributed by atoms with E-state index in [9.17, 15) is 14.9 Å². The van der Waals surface area contributed by atoms with E-state index in [0.717, 1.165) is 13.1 Å². The van der Waals surface area contributed by atoms with Crippen LogP contribution in [-0.2, 0) is 0 Å². The number of nitro benzene ring substituents is 1. The highest BCUT2D eigenvalue weighted by Gasteiger charge is 2.23. The molecule has 0 fully saturated rings. The molecule has 0 unspecified atom stereocenters. The van der Waals surface area contributed by atoms with Gasteiger partial charge in [-0.25, -0.2) is 4.79 Å². The fourth-order valence-electron chi connectivity index (χ4n) is 2.63. The van der Waals surface area contributed by atoms with E-state index in [1.807, 2.05) is 46.9 Å². The van der Waals surface area contributed by atoms with Gasteiger partial charge in [-0.3, -0.25) is 10.1 Å². The Balaban J connectivity index is 2.70. The van der Waals surface area contributed by atoms with Crippen molar-refractivity contribution < 1.29 is 14.5 Å². The fraction of sp³-hybridized carbons (Fsp3) is 0.650. The van der Waals surface area contributed by atoms with Gasteiger partial charge in [0, 0.05) is 44.4 Å². The summed E-state index contributed by atoms with van der Waals surface area (Å²) in [5.41, 5.74) is 0.0220. The summed E-state index contributed by atoms with van der Waals surface area (Å²) < 4.78 is 5.70. The Morgan fingerprint density at radius 1 is 0.966 bits per heavy atom. The fourth-order valence-corrected chi connectivity index (χ4v) is 2.63. The second-order valence-electron chi connectivity index (χ2n) is 7.76. The van der Waals surface area contributed by atoms with E-state index in [-0.39, 0.29) is 17.8 Å². The summed E-state index contributed by atoms with van der Waals surface area (Å²) in [6, 6.07) is 5.98. The number of amides is 2. The highest BCUT2D eigenvalue weighted by atomic mass is 16.6. The minimum atomic E-state index is -0.445. The third-order valence-corrected chi connectivity index (χ3v) is 4.42.